The smallest absolute Gasteiger partial charge is 0.254 e. The molecule has 30 heavy (non-hydrogen) atoms. The number of amides is 1. The molecule has 4 rings (SSSR count). The molecule has 1 saturated carbocycles. The summed E-state index contributed by atoms with van der Waals surface area (Å²) in [5.74, 6) is 1.84. The summed E-state index contributed by atoms with van der Waals surface area (Å²) in [4.78, 5) is 24.5. The fraction of sp³-hybridized carbons (Fsp3) is 0.652. The van der Waals surface area contributed by atoms with Crippen LogP contribution in [0.25, 0.3) is 0 Å². The zero-order valence-corrected chi connectivity index (χ0v) is 18.3. The summed E-state index contributed by atoms with van der Waals surface area (Å²) >= 11 is 0. The summed E-state index contributed by atoms with van der Waals surface area (Å²) in [7, 11) is 1.87. The minimum atomic E-state index is -0.0986. The van der Waals surface area contributed by atoms with Crippen LogP contribution in [0.1, 0.15) is 78.3 Å². The van der Waals surface area contributed by atoms with Gasteiger partial charge >= 0.3 is 0 Å². The van der Waals surface area contributed by atoms with Crippen molar-refractivity contribution in [1.29, 1.82) is 0 Å². The molecule has 1 aliphatic heterocycles. The van der Waals surface area contributed by atoms with Gasteiger partial charge in [0.25, 0.3) is 5.91 Å². The molecule has 1 amide bonds. The molecular weight excluding hydrogens is 376 g/mol. The van der Waals surface area contributed by atoms with Gasteiger partial charge in [-0.3, -0.25) is 9.48 Å². The highest BCUT2D eigenvalue weighted by Gasteiger charge is 2.27. The number of carbonyl (C=O) groups excluding carboxylic acids is 1. The van der Waals surface area contributed by atoms with Crippen LogP contribution < -0.4 is 5.32 Å². The lowest BCUT2D eigenvalue weighted by Crippen LogP contribution is -2.37. The number of likely N-dealkylation sites (tertiary alicyclic amines) is 1. The Bertz CT molecular complexity index is 849. The van der Waals surface area contributed by atoms with Crippen molar-refractivity contribution in [2.24, 2.45) is 13.0 Å². The SMILES string of the molecule is Cc1ncc(C(=O)NCc2cnn(C)c2)c(C2CCN(CC3CCCCC3)CC2)n1. The Labute approximate surface area is 179 Å². The van der Waals surface area contributed by atoms with E-state index < -0.39 is 0 Å². The van der Waals surface area contributed by atoms with Crippen molar-refractivity contribution >= 4 is 5.91 Å². The van der Waals surface area contributed by atoms with E-state index >= 15 is 0 Å². The van der Waals surface area contributed by atoms with Crippen LogP contribution in [0.15, 0.2) is 18.6 Å². The maximum atomic E-state index is 12.9. The van der Waals surface area contributed by atoms with E-state index in [4.69, 9.17) is 4.98 Å². The van der Waals surface area contributed by atoms with Crippen LogP contribution in [0.3, 0.4) is 0 Å². The zero-order chi connectivity index (χ0) is 20.9. The van der Waals surface area contributed by atoms with Crippen LogP contribution in [0.2, 0.25) is 0 Å². The summed E-state index contributed by atoms with van der Waals surface area (Å²) in [6.07, 6.45) is 14.5. The molecule has 162 valence electrons. The first kappa shape index (κ1) is 21.0. The Hall–Kier alpha value is -2.28. The number of aromatic nitrogens is 4. The van der Waals surface area contributed by atoms with Crippen molar-refractivity contribution in [1.82, 2.24) is 30.0 Å². The summed E-state index contributed by atoms with van der Waals surface area (Å²) in [5.41, 5.74) is 2.52. The Kier molecular flexibility index (Phi) is 6.77. The van der Waals surface area contributed by atoms with E-state index in [1.807, 2.05) is 20.2 Å². The van der Waals surface area contributed by atoms with Crippen molar-refractivity contribution in [3.05, 3.63) is 41.2 Å². The molecule has 1 N–H and O–H groups in total. The second kappa shape index (κ2) is 9.69. The highest BCUT2D eigenvalue weighted by molar-refractivity contribution is 5.95. The molecule has 0 spiro atoms. The van der Waals surface area contributed by atoms with Crippen LogP contribution >= 0.6 is 0 Å². The van der Waals surface area contributed by atoms with Gasteiger partial charge in [-0.15, -0.1) is 0 Å². The maximum Gasteiger partial charge on any atom is 0.254 e. The van der Waals surface area contributed by atoms with Gasteiger partial charge in [-0.1, -0.05) is 19.3 Å². The number of nitrogens with zero attached hydrogens (tertiary/aromatic N) is 5. The van der Waals surface area contributed by atoms with Gasteiger partial charge in [0, 0.05) is 44.0 Å². The quantitative estimate of drug-likeness (QED) is 0.791. The number of piperidine rings is 1. The molecule has 7 heteroatoms. The van der Waals surface area contributed by atoms with Crippen LogP contribution in [-0.2, 0) is 13.6 Å². The average Bonchev–Trinajstić information content (AvgIpc) is 3.18. The van der Waals surface area contributed by atoms with E-state index in [0.29, 0.717) is 18.0 Å². The molecule has 1 aliphatic carbocycles. The molecule has 0 bridgehead atoms. The molecule has 0 unspecified atom stereocenters. The van der Waals surface area contributed by atoms with Gasteiger partial charge in [-0.2, -0.15) is 5.10 Å². The third kappa shape index (κ3) is 5.25. The summed E-state index contributed by atoms with van der Waals surface area (Å²) in [5, 5.41) is 7.16. The third-order valence-corrected chi connectivity index (χ3v) is 6.61. The number of nitrogens with one attached hydrogen (secondary N) is 1. The number of hydrogen-bond acceptors (Lipinski definition) is 5. The minimum Gasteiger partial charge on any atom is -0.348 e. The van der Waals surface area contributed by atoms with Gasteiger partial charge in [0.1, 0.15) is 5.82 Å². The first-order valence-electron chi connectivity index (χ1n) is 11.4. The van der Waals surface area contributed by atoms with Crippen molar-refractivity contribution < 1.29 is 4.79 Å². The minimum absolute atomic E-state index is 0.0986. The van der Waals surface area contributed by atoms with Gasteiger partial charge in [0.05, 0.1) is 17.5 Å². The molecule has 0 atom stereocenters. The second-order valence-corrected chi connectivity index (χ2v) is 9.00. The van der Waals surface area contributed by atoms with Crippen molar-refractivity contribution in [3.63, 3.8) is 0 Å². The van der Waals surface area contributed by atoms with Crippen molar-refractivity contribution in [3.8, 4) is 0 Å². The Morgan fingerprint density at radius 1 is 1.13 bits per heavy atom. The fourth-order valence-electron chi connectivity index (χ4n) is 4.94. The first-order valence-corrected chi connectivity index (χ1v) is 11.4. The van der Waals surface area contributed by atoms with E-state index in [-0.39, 0.29) is 5.91 Å². The molecule has 7 nitrogen and oxygen atoms in total. The normalized spacial score (nSPS) is 19.1. The highest BCUT2D eigenvalue weighted by atomic mass is 16.1. The number of rotatable bonds is 6. The van der Waals surface area contributed by atoms with Gasteiger partial charge in [-0.05, 0) is 51.6 Å². The topological polar surface area (TPSA) is 75.9 Å². The van der Waals surface area contributed by atoms with Gasteiger partial charge < -0.3 is 10.2 Å². The third-order valence-electron chi connectivity index (χ3n) is 6.61. The Balaban J connectivity index is 1.37. The van der Waals surface area contributed by atoms with E-state index in [1.165, 1.54) is 38.6 Å². The maximum absolute atomic E-state index is 12.9. The van der Waals surface area contributed by atoms with Crippen LogP contribution in [0.4, 0.5) is 0 Å². The van der Waals surface area contributed by atoms with Crippen molar-refractivity contribution in [2.45, 2.75) is 64.3 Å². The predicted molar refractivity (Wildman–Crippen MR) is 116 cm³/mol. The number of carbonyl (C=O) groups is 1. The number of hydrogen-bond donors (Lipinski definition) is 1. The molecule has 2 aromatic rings. The molecular formula is C23H34N6O. The standard InChI is InChI=1S/C23H34N6O/c1-17-24-14-21(23(30)25-12-19-13-26-28(2)15-19)22(27-17)20-8-10-29(11-9-20)16-18-6-4-3-5-7-18/h13-15,18,20H,3-12,16H2,1-2H3,(H,25,30). The van der Waals surface area contributed by atoms with Gasteiger partial charge in [0.2, 0.25) is 0 Å². The molecule has 0 aromatic carbocycles. The van der Waals surface area contributed by atoms with Gasteiger partial charge in [0.15, 0.2) is 0 Å². The van der Waals surface area contributed by atoms with Crippen LogP contribution in [0, 0.1) is 12.8 Å². The lowest BCUT2D eigenvalue weighted by Gasteiger charge is -2.35. The molecule has 1 saturated heterocycles. The second-order valence-electron chi connectivity index (χ2n) is 9.00. The zero-order valence-electron chi connectivity index (χ0n) is 18.3. The van der Waals surface area contributed by atoms with E-state index in [1.54, 1.807) is 17.1 Å². The monoisotopic (exact) mass is 410 g/mol. The van der Waals surface area contributed by atoms with E-state index in [9.17, 15) is 4.79 Å². The van der Waals surface area contributed by atoms with Crippen molar-refractivity contribution in [2.75, 3.05) is 19.6 Å². The molecule has 2 aliphatic rings. The summed E-state index contributed by atoms with van der Waals surface area (Å²) in [6, 6.07) is 0. The lowest BCUT2D eigenvalue weighted by molar-refractivity contribution is 0.0947. The Morgan fingerprint density at radius 2 is 1.90 bits per heavy atom. The summed E-state index contributed by atoms with van der Waals surface area (Å²) < 4.78 is 1.74. The molecule has 2 fully saturated rings. The summed E-state index contributed by atoms with van der Waals surface area (Å²) in [6.45, 7) is 5.80. The van der Waals surface area contributed by atoms with E-state index in [2.05, 4.69) is 20.3 Å². The fourth-order valence-corrected chi connectivity index (χ4v) is 4.94. The predicted octanol–water partition coefficient (Wildman–Crippen LogP) is 3.21. The molecule has 3 heterocycles. The van der Waals surface area contributed by atoms with E-state index in [0.717, 1.165) is 48.9 Å². The first-order chi connectivity index (χ1) is 14.6. The van der Waals surface area contributed by atoms with Gasteiger partial charge in [-0.25, -0.2) is 9.97 Å². The molecule has 2 aromatic heterocycles. The van der Waals surface area contributed by atoms with Crippen LogP contribution in [-0.4, -0.2) is 50.2 Å². The largest absolute Gasteiger partial charge is 0.348 e. The molecule has 0 radical (unpaired) electrons. The highest BCUT2D eigenvalue weighted by Crippen LogP contribution is 2.31. The lowest BCUT2D eigenvalue weighted by atomic mass is 9.87. The average molecular weight is 411 g/mol. The number of aryl methyl sites for hydroxylation is 2. The van der Waals surface area contributed by atoms with Crippen LogP contribution in [0.5, 0.6) is 0 Å². The Morgan fingerprint density at radius 3 is 2.60 bits per heavy atom.